The lowest BCUT2D eigenvalue weighted by Gasteiger charge is -2.27. The number of allylic oxidation sites excluding steroid dienone is 1. The van der Waals surface area contributed by atoms with E-state index in [0.29, 0.717) is 6.42 Å². The predicted molar refractivity (Wildman–Crippen MR) is 52.3 cm³/mol. The maximum Gasteiger partial charge on any atom is 0.304 e. The second-order valence-electron chi connectivity index (χ2n) is 3.71. The van der Waals surface area contributed by atoms with Crippen LogP contribution in [0, 0.1) is 17.2 Å². The summed E-state index contributed by atoms with van der Waals surface area (Å²) in [5, 5.41) is 9.10. The number of esters is 1. The van der Waals surface area contributed by atoms with Crippen LogP contribution >= 0.6 is 0 Å². The van der Waals surface area contributed by atoms with Gasteiger partial charge in [-0.3, -0.25) is 4.79 Å². The van der Waals surface area contributed by atoms with Crippen molar-refractivity contribution in [3.05, 3.63) is 12.7 Å². The van der Waals surface area contributed by atoms with Crippen LogP contribution in [-0.2, 0) is 9.53 Å². The van der Waals surface area contributed by atoms with E-state index < -0.39 is 5.60 Å². The zero-order valence-corrected chi connectivity index (χ0v) is 8.45. The minimum absolute atomic E-state index is 0.119. The van der Waals surface area contributed by atoms with Crippen molar-refractivity contribution < 1.29 is 9.53 Å². The minimum atomic E-state index is -0.889. The molecule has 0 bridgehead atoms. The van der Waals surface area contributed by atoms with Crippen LogP contribution in [0.3, 0.4) is 0 Å². The molecule has 2 atom stereocenters. The quantitative estimate of drug-likeness (QED) is 0.510. The Balaban J connectivity index is 2.80. The summed E-state index contributed by atoms with van der Waals surface area (Å²) >= 11 is 0. The molecule has 0 aromatic rings. The second-order valence-corrected chi connectivity index (χ2v) is 3.71. The molecule has 1 rings (SSSR count). The molecule has 76 valence electrons. The third-order valence-electron chi connectivity index (χ3n) is 2.73. The van der Waals surface area contributed by atoms with Crippen molar-refractivity contribution in [1.82, 2.24) is 0 Å². The van der Waals surface area contributed by atoms with Crippen LogP contribution < -0.4 is 0 Å². The first-order valence-electron chi connectivity index (χ1n) is 4.86. The summed E-state index contributed by atoms with van der Waals surface area (Å²) in [6.07, 6.45) is 5.06. The van der Waals surface area contributed by atoms with E-state index in [2.05, 4.69) is 12.6 Å². The Morgan fingerprint density at radius 1 is 1.86 bits per heavy atom. The van der Waals surface area contributed by atoms with Gasteiger partial charge in [0.1, 0.15) is 6.07 Å². The van der Waals surface area contributed by atoms with Crippen molar-refractivity contribution in [1.29, 1.82) is 5.26 Å². The summed E-state index contributed by atoms with van der Waals surface area (Å²) in [5.74, 6) is -0.253. The van der Waals surface area contributed by atoms with Crippen LogP contribution in [0.4, 0.5) is 0 Å². The van der Waals surface area contributed by atoms with Crippen LogP contribution in [-0.4, -0.2) is 11.6 Å². The highest BCUT2D eigenvalue weighted by atomic mass is 16.6. The summed E-state index contributed by atoms with van der Waals surface area (Å²) in [6, 6.07) is 2.15. The number of hydrogen-bond acceptors (Lipinski definition) is 3. The van der Waals surface area contributed by atoms with Gasteiger partial charge in [-0.1, -0.05) is 6.08 Å². The first kappa shape index (κ1) is 10.8. The van der Waals surface area contributed by atoms with Gasteiger partial charge in [-0.15, -0.1) is 6.58 Å². The zero-order valence-electron chi connectivity index (χ0n) is 8.45. The van der Waals surface area contributed by atoms with E-state index in [9.17, 15) is 4.79 Å². The highest BCUT2D eigenvalue weighted by Crippen LogP contribution is 2.40. The van der Waals surface area contributed by atoms with Gasteiger partial charge >= 0.3 is 5.97 Å². The summed E-state index contributed by atoms with van der Waals surface area (Å²) in [4.78, 5) is 10.9. The molecule has 0 saturated heterocycles. The first-order valence-corrected chi connectivity index (χ1v) is 4.86. The van der Waals surface area contributed by atoms with Crippen LogP contribution in [0.5, 0.6) is 0 Å². The van der Waals surface area contributed by atoms with E-state index in [4.69, 9.17) is 10.00 Å². The van der Waals surface area contributed by atoms with E-state index in [1.807, 2.05) is 0 Å². The third-order valence-corrected chi connectivity index (χ3v) is 2.73. The Bertz CT molecular complexity index is 280. The van der Waals surface area contributed by atoms with Crippen molar-refractivity contribution in [2.45, 2.75) is 38.2 Å². The van der Waals surface area contributed by atoms with Crippen molar-refractivity contribution in [3.63, 3.8) is 0 Å². The molecule has 1 aliphatic rings. The molecule has 0 radical (unpaired) electrons. The highest BCUT2D eigenvalue weighted by molar-refractivity contribution is 5.67. The Morgan fingerprint density at radius 2 is 2.57 bits per heavy atom. The molecule has 3 heteroatoms. The summed E-state index contributed by atoms with van der Waals surface area (Å²) in [5.41, 5.74) is -0.889. The van der Waals surface area contributed by atoms with Gasteiger partial charge in [0.15, 0.2) is 5.60 Å². The molecule has 3 nitrogen and oxygen atoms in total. The van der Waals surface area contributed by atoms with Gasteiger partial charge < -0.3 is 4.74 Å². The lowest BCUT2D eigenvalue weighted by Crippen LogP contribution is -2.36. The molecule has 0 heterocycles. The molecule has 0 aromatic carbocycles. The molecule has 1 saturated carbocycles. The molecule has 0 aromatic heterocycles. The summed E-state index contributed by atoms with van der Waals surface area (Å²) < 4.78 is 5.17. The SMILES string of the molecule is C=CC[C@H]1CCC[C@]1(C#N)OC(C)=O. The smallest absolute Gasteiger partial charge is 0.304 e. The van der Waals surface area contributed by atoms with Crippen molar-refractivity contribution >= 4 is 5.97 Å². The Hall–Kier alpha value is -1.30. The van der Waals surface area contributed by atoms with Gasteiger partial charge in [-0.05, 0) is 19.3 Å². The molecule has 0 spiro atoms. The summed E-state index contributed by atoms with van der Waals surface area (Å²) in [6.45, 7) is 5.00. The molecule has 14 heavy (non-hydrogen) atoms. The molecule has 0 N–H and O–H groups in total. The Morgan fingerprint density at radius 3 is 3.07 bits per heavy atom. The lowest BCUT2D eigenvalue weighted by atomic mass is 9.89. The third kappa shape index (κ3) is 1.95. The molecule has 0 aliphatic heterocycles. The number of rotatable bonds is 3. The van der Waals surface area contributed by atoms with E-state index in [1.165, 1.54) is 6.92 Å². The number of carbonyl (C=O) groups excluding carboxylic acids is 1. The van der Waals surface area contributed by atoms with Crippen molar-refractivity contribution in [2.24, 2.45) is 5.92 Å². The monoisotopic (exact) mass is 193 g/mol. The normalized spacial score (nSPS) is 30.7. The number of nitrogens with zero attached hydrogens (tertiary/aromatic N) is 1. The Labute approximate surface area is 84.4 Å². The van der Waals surface area contributed by atoms with Crippen LogP contribution in [0.25, 0.3) is 0 Å². The van der Waals surface area contributed by atoms with Crippen molar-refractivity contribution in [3.8, 4) is 6.07 Å². The second kappa shape index (κ2) is 4.28. The molecule has 0 unspecified atom stereocenters. The van der Waals surface area contributed by atoms with Crippen LogP contribution in [0.1, 0.15) is 32.6 Å². The first-order chi connectivity index (χ1) is 6.64. The largest absolute Gasteiger partial charge is 0.443 e. The number of ether oxygens (including phenoxy) is 1. The predicted octanol–water partition coefficient (Wildman–Crippen LogP) is 2.19. The lowest BCUT2D eigenvalue weighted by molar-refractivity contribution is -0.154. The molecular weight excluding hydrogens is 178 g/mol. The minimum Gasteiger partial charge on any atom is -0.443 e. The highest BCUT2D eigenvalue weighted by Gasteiger charge is 2.45. The van der Waals surface area contributed by atoms with Gasteiger partial charge in [0, 0.05) is 19.3 Å². The van der Waals surface area contributed by atoms with Crippen LogP contribution in [0.2, 0.25) is 0 Å². The fraction of sp³-hybridized carbons (Fsp3) is 0.636. The molecule has 1 fully saturated rings. The Kier molecular flexibility index (Phi) is 3.29. The summed E-state index contributed by atoms with van der Waals surface area (Å²) in [7, 11) is 0. The topological polar surface area (TPSA) is 50.1 Å². The van der Waals surface area contributed by atoms with E-state index >= 15 is 0 Å². The van der Waals surface area contributed by atoms with Gasteiger partial charge in [0.25, 0.3) is 0 Å². The van der Waals surface area contributed by atoms with Gasteiger partial charge in [0.2, 0.25) is 0 Å². The molecule has 1 aliphatic carbocycles. The van der Waals surface area contributed by atoms with Crippen molar-refractivity contribution in [2.75, 3.05) is 0 Å². The fourth-order valence-corrected chi connectivity index (χ4v) is 2.12. The average Bonchev–Trinajstić information content (AvgIpc) is 2.49. The number of hydrogen-bond donors (Lipinski definition) is 0. The van der Waals surface area contributed by atoms with E-state index in [1.54, 1.807) is 6.08 Å². The number of carbonyl (C=O) groups is 1. The maximum atomic E-state index is 10.9. The van der Waals surface area contributed by atoms with E-state index in [-0.39, 0.29) is 11.9 Å². The van der Waals surface area contributed by atoms with Gasteiger partial charge in [-0.25, -0.2) is 0 Å². The van der Waals surface area contributed by atoms with Crippen LogP contribution in [0.15, 0.2) is 12.7 Å². The molecular formula is C11H15NO2. The molecule has 0 amide bonds. The average molecular weight is 193 g/mol. The maximum absolute atomic E-state index is 10.9. The number of nitriles is 1. The van der Waals surface area contributed by atoms with Gasteiger partial charge in [0.05, 0.1) is 0 Å². The van der Waals surface area contributed by atoms with Gasteiger partial charge in [-0.2, -0.15) is 5.26 Å². The standard InChI is InChI=1S/C11H15NO2/c1-3-5-10-6-4-7-11(10,8-12)14-9(2)13/h3,10H,1,4-7H2,2H3/t10-,11+/m0/s1. The van der Waals surface area contributed by atoms with E-state index in [0.717, 1.165) is 19.3 Å². The fourth-order valence-electron chi connectivity index (χ4n) is 2.12. The zero-order chi connectivity index (χ0) is 10.6.